The van der Waals surface area contributed by atoms with Gasteiger partial charge in [-0.15, -0.1) is 0 Å². The van der Waals surface area contributed by atoms with E-state index in [9.17, 15) is 17.6 Å². The lowest BCUT2D eigenvalue weighted by Crippen LogP contribution is -2.32. The number of hydrogen-bond acceptors (Lipinski definition) is 4. The molecule has 3 rings (SSSR count). The van der Waals surface area contributed by atoms with Crippen molar-refractivity contribution in [2.75, 3.05) is 24.5 Å². The zero-order chi connectivity index (χ0) is 19.4. The minimum Gasteiger partial charge on any atom is -0.376 e. The van der Waals surface area contributed by atoms with Gasteiger partial charge in [-0.3, -0.25) is 9.10 Å². The minimum atomic E-state index is -4.01. The fraction of sp³-hybridized carbons (Fsp3) is 0.316. The van der Waals surface area contributed by atoms with Crippen molar-refractivity contribution in [1.29, 1.82) is 0 Å². The van der Waals surface area contributed by atoms with E-state index >= 15 is 0 Å². The number of nitrogens with one attached hydrogen (secondary N) is 1. The first-order valence-electron chi connectivity index (χ1n) is 8.63. The topological polar surface area (TPSA) is 75.7 Å². The second kappa shape index (κ2) is 8.06. The molecule has 1 atom stereocenters. The maximum Gasteiger partial charge on any atom is 0.264 e. The molecule has 1 N–H and O–H groups in total. The molecule has 1 amide bonds. The number of para-hydroxylation sites is 1. The van der Waals surface area contributed by atoms with Gasteiger partial charge in [0.2, 0.25) is 0 Å². The Balaban J connectivity index is 1.79. The number of nitrogens with zero attached hydrogens (tertiary/aromatic N) is 1. The summed E-state index contributed by atoms with van der Waals surface area (Å²) in [6.45, 7) is 1.07. The number of ether oxygens (including phenoxy) is 1. The number of anilines is 1. The Morgan fingerprint density at radius 1 is 1.26 bits per heavy atom. The fourth-order valence-electron chi connectivity index (χ4n) is 2.91. The van der Waals surface area contributed by atoms with E-state index in [1.807, 2.05) is 0 Å². The Bertz CT molecular complexity index is 927. The summed E-state index contributed by atoms with van der Waals surface area (Å²) in [4.78, 5) is 12.3. The molecule has 1 heterocycles. The first-order chi connectivity index (χ1) is 12.9. The highest BCUT2D eigenvalue weighted by atomic mass is 32.2. The zero-order valence-electron chi connectivity index (χ0n) is 14.9. The second-order valence-electron chi connectivity index (χ2n) is 6.30. The van der Waals surface area contributed by atoms with E-state index < -0.39 is 15.8 Å². The molecular formula is C19H21FN2O4S. The van der Waals surface area contributed by atoms with Crippen molar-refractivity contribution < 1.29 is 22.3 Å². The normalized spacial score (nSPS) is 16.9. The molecule has 0 spiro atoms. The summed E-state index contributed by atoms with van der Waals surface area (Å²) in [6.07, 6.45) is 1.85. The molecule has 1 aliphatic heterocycles. The van der Waals surface area contributed by atoms with Gasteiger partial charge in [0.1, 0.15) is 5.82 Å². The van der Waals surface area contributed by atoms with Crippen LogP contribution in [0.4, 0.5) is 10.1 Å². The predicted octanol–water partition coefficient (Wildman–Crippen LogP) is 2.56. The lowest BCUT2D eigenvalue weighted by Gasteiger charge is -2.20. The molecule has 1 aliphatic rings. The number of carbonyl (C=O) groups excluding carboxylic acids is 1. The third kappa shape index (κ3) is 4.28. The maximum absolute atomic E-state index is 14.0. The largest absolute Gasteiger partial charge is 0.376 e. The molecule has 0 aromatic heterocycles. The molecule has 2 aromatic carbocycles. The van der Waals surface area contributed by atoms with Crippen molar-refractivity contribution >= 4 is 21.6 Å². The van der Waals surface area contributed by atoms with Gasteiger partial charge in [-0.05, 0) is 43.2 Å². The van der Waals surface area contributed by atoms with Crippen LogP contribution < -0.4 is 9.62 Å². The summed E-state index contributed by atoms with van der Waals surface area (Å²) in [6, 6.07) is 11.3. The molecule has 144 valence electrons. The van der Waals surface area contributed by atoms with Gasteiger partial charge in [0.05, 0.1) is 16.7 Å². The Morgan fingerprint density at radius 3 is 2.74 bits per heavy atom. The number of amides is 1. The molecule has 1 fully saturated rings. The van der Waals surface area contributed by atoms with Crippen molar-refractivity contribution in [2.24, 2.45) is 0 Å². The van der Waals surface area contributed by atoms with E-state index in [4.69, 9.17) is 4.74 Å². The smallest absolute Gasteiger partial charge is 0.264 e. The lowest BCUT2D eigenvalue weighted by molar-refractivity contribution is 0.0857. The summed E-state index contributed by atoms with van der Waals surface area (Å²) in [5.74, 6) is -1.02. The third-order valence-electron chi connectivity index (χ3n) is 4.46. The Labute approximate surface area is 158 Å². The zero-order valence-corrected chi connectivity index (χ0v) is 15.7. The monoisotopic (exact) mass is 392 g/mol. The van der Waals surface area contributed by atoms with E-state index in [0.717, 1.165) is 17.1 Å². The van der Waals surface area contributed by atoms with E-state index in [2.05, 4.69) is 5.32 Å². The average Bonchev–Trinajstić information content (AvgIpc) is 3.19. The number of carbonyl (C=O) groups is 1. The van der Waals surface area contributed by atoms with Crippen LogP contribution >= 0.6 is 0 Å². The number of rotatable bonds is 6. The average molecular weight is 392 g/mol. The summed E-state index contributed by atoms with van der Waals surface area (Å²) in [5, 5.41) is 2.76. The quantitative estimate of drug-likeness (QED) is 0.820. The molecular weight excluding hydrogens is 371 g/mol. The van der Waals surface area contributed by atoms with Crippen molar-refractivity contribution in [3.05, 3.63) is 59.9 Å². The lowest BCUT2D eigenvalue weighted by atomic mass is 10.2. The molecule has 1 saturated heterocycles. The van der Waals surface area contributed by atoms with E-state index in [1.54, 1.807) is 6.07 Å². The first-order valence-corrected chi connectivity index (χ1v) is 10.1. The van der Waals surface area contributed by atoms with Crippen LogP contribution in [-0.4, -0.2) is 40.6 Å². The number of halogens is 1. The van der Waals surface area contributed by atoms with Crippen LogP contribution in [0.5, 0.6) is 0 Å². The summed E-state index contributed by atoms with van der Waals surface area (Å²) < 4.78 is 46.0. The van der Waals surface area contributed by atoms with Gasteiger partial charge >= 0.3 is 0 Å². The van der Waals surface area contributed by atoms with E-state index in [0.29, 0.717) is 13.2 Å². The molecule has 2 aromatic rings. The first kappa shape index (κ1) is 19.3. The Morgan fingerprint density at radius 2 is 2.04 bits per heavy atom. The van der Waals surface area contributed by atoms with Crippen molar-refractivity contribution in [3.63, 3.8) is 0 Å². The Kier molecular flexibility index (Phi) is 5.76. The summed E-state index contributed by atoms with van der Waals surface area (Å²) in [7, 11) is -2.74. The van der Waals surface area contributed by atoms with Crippen LogP contribution in [-0.2, 0) is 14.8 Å². The summed E-state index contributed by atoms with van der Waals surface area (Å²) >= 11 is 0. The highest BCUT2D eigenvalue weighted by Gasteiger charge is 2.24. The van der Waals surface area contributed by atoms with Gasteiger partial charge in [0.15, 0.2) is 0 Å². The van der Waals surface area contributed by atoms with Gasteiger partial charge < -0.3 is 10.1 Å². The fourth-order valence-corrected chi connectivity index (χ4v) is 4.16. The van der Waals surface area contributed by atoms with Crippen molar-refractivity contribution in [1.82, 2.24) is 5.32 Å². The number of benzene rings is 2. The highest BCUT2D eigenvalue weighted by molar-refractivity contribution is 7.92. The van der Waals surface area contributed by atoms with Crippen molar-refractivity contribution in [2.45, 2.75) is 23.8 Å². The predicted molar refractivity (Wildman–Crippen MR) is 99.7 cm³/mol. The van der Waals surface area contributed by atoms with Gasteiger partial charge in [0, 0.05) is 25.8 Å². The molecule has 0 bridgehead atoms. The number of sulfonamides is 1. The molecule has 6 nitrogen and oxygen atoms in total. The molecule has 0 radical (unpaired) electrons. The molecule has 1 unspecified atom stereocenters. The van der Waals surface area contributed by atoms with Crippen LogP contribution in [0.2, 0.25) is 0 Å². The molecule has 0 saturated carbocycles. The van der Waals surface area contributed by atoms with Gasteiger partial charge in [0.25, 0.3) is 15.9 Å². The summed E-state index contributed by atoms with van der Waals surface area (Å²) in [5.41, 5.74) is 0.154. The van der Waals surface area contributed by atoms with Crippen molar-refractivity contribution in [3.8, 4) is 0 Å². The highest BCUT2D eigenvalue weighted by Crippen LogP contribution is 2.25. The number of hydrogen-bond donors (Lipinski definition) is 1. The van der Waals surface area contributed by atoms with Gasteiger partial charge in [-0.2, -0.15) is 0 Å². The van der Waals surface area contributed by atoms with Crippen LogP contribution in [0.25, 0.3) is 0 Å². The standard InChI is InChI=1S/C19H21FN2O4S/c1-22(18-10-3-2-9-17(18)20)27(24,25)16-8-4-6-14(12-16)19(23)21-13-15-7-5-11-26-15/h2-4,6,8-10,12,15H,5,7,11,13H2,1H3,(H,21,23). The molecule has 0 aliphatic carbocycles. The minimum absolute atomic E-state index is 0.00643. The molecule has 27 heavy (non-hydrogen) atoms. The van der Waals surface area contributed by atoms with E-state index in [-0.39, 0.29) is 28.2 Å². The van der Waals surface area contributed by atoms with Crippen LogP contribution in [0, 0.1) is 5.82 Å². The Hall–Kier alpha value is -2.45. The third-order valence-corrected chi connectivity index (χ3v) is 6.23. The SMILES string of the molecule is CN(c1ccccc1F)S(=O)(=O)c1cccc(C(=O)NCC2CCCO2)c1. The van der Waals surface area contributed by atoms with Crippen LogP contribution in [0.1, 0.15) is 23.2 Å². The maximum atomic E-state index is 14.0. The second-order valence-corrected chi connectivity index (χ2v) is 8.27. The van der Waals surface area contributed by atoms with Gasteiger partial charge in [-0.1, -0.05) is 18.2 Å². The molecule has 8 heteroatoms. The van der Waals surface area contributed by atoms with E-state index in [1.165, 1.54) is 49.5 Å². The van der Waals surface area contributed by atoms with Crippen LogP contribution in [0.3, 0.4) is 0 Å². The van der Waals surface area contributed by atoms with Gasteiger partial charge in [-0.25, -0.2) is 12.8 Å². The van der Waals surface area contributed by atoms with Crippen LogP contribution in [0.15, 0.2) is 53.4 Å².